The largest absolute Gasteiger partial charge is 0.379 e. The fourth-order valence-electron chi connectivity index (χ4n) is 3.71. The van der Waals surface area contributed by atoms with Crippen LogP contribution in [0.4, 0.5) is 5.95 Å². The molecule has 3 heterocycles. The van der Waals surface area contributed by atoms with Crippen molar-refractivity contribution < 1.29 is 4.74 Å². The van der Waals surface area contributed by atoms with E-state index in [1.165, 1.54) is 11.6 Å². The molecule has 0 bridgehead atoms. The molecule has 11 heteroatoms. The van der Waals surface area contributed by atoms with Crippen molar-refractivity contribution in [3.8, 4) is 0 Å². The normalized spacial score (nSPS) is 15.0. The first-order valence-electron chi connectivity index (χ1n) is 10.0. The van der Waals surface area contributed by atoms with E-state index in [0.29, 0.717) is 40.2 Å². The van der Waals surface area contributed by atoms with E-state index in [1.54, 1.807) is 23.7 Å². The second-order valence-corrected chi connectivity index (χ2v) is 8.36. The maximum absolute atomic E-state index is 13.0. The number of halogens is 2. The highest BCUT2D eigenvalue weighted by Gasteiger charge is 2.20. The van der Waals surface area contributed by atoms with Crippen LogP contribution in [-0.2, 0) is 25.4 Å². The van der Waals surface area contributed by atoms with Crippen molar-refractivity contribution in [2.24, 2.45) is 14.1 Å². The van der Waals surface area contributed by atoms with E-state index in [9.17, 15) is 9.59 Å². The second-order valence-electron chi connectivity index (χ2n) is 7.52. The molecular weight excluding hydrogens is 443 g/mol. The molecule has 0 aliphatic carbocycles. The maximum Gasteiger partial charge on any atom is 0.332 e. The average molecular weight is 467 g/mol. The molecule has 1 aliphatic rings. The van der Waals surface area contributed by atoms with Gasteiger partial charge in [0, 0.05) is 50.3 Å². The summed E-state index contributed by atoms with van der Waals surface area (Å²) in [5.74, 6) is 0.507. The SMILES string of the molecule is Cn1c(=O)c2c(nc(NCCN3CCOCC3)n2Cc2ccc(Cl)cc2Cl)n(C)c1=O. The van der Waals surface area contributed by atoms with Crippen molar-refractivity contribution in [2.75, 3.05) is 44.7 Å². The Kier molecular flexibility index (Phi) is 6.38. The number of fused-ring (bicyclic) bond motifs is 1. The lowest BCUT2D eigenvalue weighted by Crippen LogP contribution is -2.39. The van der Waals surface area contributed by atoms with Crippen LogP contribution < -0.4 is 16.6 Å². The van der Waals surface area contributed by atoms with E-state index in [2.05, 4.69) is 15.2 Å². The van der Waals surface area contributed by atoms with Crippen LogP contribution in [0.15, 0.2) is 27.8 Å². The van der Waals surface area contributed by atoms with E-state index < -0.39 is 11.2 Å². The van der Waals surface area contributed by atoms with E-state index >= 15 is 0 Å². The molecule has 1 saturated heterocycles. The van der Waals surface area contributed by atoms with Crippen LogP contribution >= 0.6 is 23.2 Å². The molecular formula is C20H24Cl2N6O3. The lowest BCUT2D eigenvalue weighted by Gasteiger charge is -2.26. The van der Waals surface area contributed by atoms with Gasteiger partial charge in [0.25, 0.3) is 5.56 Å². The van der Waals surface area contributed by atoms with E-state index in [-0.39, 0.29) is 0 Å². The molecule has 1 aromatic carbocycles. The van der Waals surface area contributed by atoms with Crippen LogP contribution in [0.3, 0.4) is 0 Å². The van der Waals surface area contributed by atoms with Gasteiger partial charge >= 0.3 is 5.69 Å². The number of aryl methyl sites for hydroxylation is 1. The molecule has 0 saturated carbocycles. The van der Waals surface area contributed by atoms with Crippen LogP contribution in [-0.4, -0.2) is 63.0 Å². The first kappa shape index (κ1) is 21.9. The number of hydrogen-bond donors (Lipinski definition) is 1. The van der Waals surface area contributed by atoms with Crippen molar-refractivity contribution in [3.05, 3.63) is 54.6 Å². The van der Waals surface area contributed by atoms with Gasteiger partial charge in [-0.05, 0) is 17.7 Å². The molecule has 9 nitrogen and oxygen atoms in total. The first-order chi connectivity index (χ1) is 14.9. The number of imidazole rings is 1. The summed E-state index contributed by atoms with van der Waals surface area (Å²) in [5.41, 5.74) is 0.623. The number of rotatable bonds is 6. The standard InChI is InChI=1S/C20H24Cl2N6O3/c1-25-17-16(18(29)26(2)20(25)30)28(12-13-3-4-14(21)11-15(13)22)19(24-17)23-5-6-27-7-9-31-10-8-27/h3-4,11H,5-10,12H2,1-2H3,(H,23,24). The Morgan fingerprint density at radius 3 is 2.58 bits per heavy atom. The fraction of sp³-hybridized carbons (Fsp3) is 0.450. The van der Waals surface area contributed by atoms with Crippen LogP contribution in [0.2, 0.25) is 10.0 Å². The van der Waals surface area contributed by atoms with Gasteiger partial charge in [-0.15, -0.1) is 0 Å². The third-order valence-electron chi connectivity index (χ3n) is 5.51. The van der Waals surface area contributed by atoms with Crippen molar-refractivity contribution in [1.82, 2.24) is 23.6 Å². The Morgan fingerprint density at radius 2 is 1.87 bits per heavy atom. The number of hydrogen-bond acceptors (Lipinski definition) is 6. The van der Waals surface area contributed by atoms with Gasteiger partial charge in [0.05, 0.1) is 19.8 Å². The Bertz CT molecular complexity index is 1230. The van der Waals surface area contributed by atoms with Crippen molar-refractivity contribution in [3.63, 3.8) is 0 Å². The Balaban J connectivity index is 1.73. The summed E-state index contributed by atoms with van der Waals surface area (Å²) in [6.45, 7) is 4.97. The molecule has 0 spiro atoms. The van der Waals surface area contributed by atoms with Crippen LogP contribution in [0.5, 0.6) is 0 Å². The summed E-state index contributed by atoms with van der Waals surface area (Å²) >= 11 is 12.4. The number of nitrogens with one attached hydrogen (secondary N) is 1. The zero-order valence-corrected chi connectivity index (χ0v) is 18.9. The fourth-order valence-corrected chi connectivity index (χ4v) is 4.17. The number of anilines is 1. The molecule has 3 aromatic rings. The lowest BCUT2D eigenvalue weighted by molar-refractivity contribution is 0.0398. The summed E-state index contributed by atoms with van der Waals surface area (Å²) in [6.07, 6.45) is 0. The minimum atomic E-state index is -0.424. The van der Waals surface area contributed by atoms with Crippen molar-refractivity contribution in [1.29, 1.82) is 0 Å². The van der Waals surface area contributed by atoms with E-state index in [0.717, 1.165) is 43.0 Å². The summed E-state index contributed by atoms with van der Waals surface area (Å²) in [6, 6.07) is 5.23. The quantitative estimate of drug-likeness (QED) is 0.592. The number of nitrogens with zero attached hydrogens (tertiary/aromatic N) is 5. The Labute approximate surface area is 188 Å². The zero-order valence-electron chi connectivity index (χ0n) is 17.4. The highest BCUT2D eigenvalue weighted by molar-refractivity contribution is 6.35. The molecule has 0 amide bonds. The molecule has 31 heavy (non-hydrogen) atoms. The van der Waals surface area contributed by atoms with Gasteiger partial charge in [-0.3, -0.25) is 23.4 Å². The molecule has 2 aromatic heterocycles. The molecule has 0 unspecified atom stereocenters. The van der Waals surface area contributed by atoms with Gasteiger partial charge in [-0.1, -0.05) is 29.3 Å². The maximum atomic E-state index is 13.0. The number of morpholine rings is 1. The smallest absolute Gasteiger partial charge is 0.332 e. The topological polar surface area (TPSA) is 86.3 Å². The summed E-state index contributed by atoms with van der Waals surface area (Å²) < 4.78 is 9.62. The molecule has 1 N–H and O–H groups in total. The highest BCUT2D eigenvalue weighted by Crippen LogP contribution is 2.24. The average Bonchev–Trinajstić information content (AvgIpc) is 3.12. The minimum absolute atomic E-state index is 0.305. The summed E-state index contributed by atoms with van der Waals surface area (Å²) in [5, 5.41) is 4.36. The van der Waals surface area contributed by atoms with Gasteiger partial charge < -0.3 is 10.1 Å². The molecule has 0 radical (unpaired) electrons. The third kappa shape index (κ3) is 4.36. The van der Waals surface area contributed by atoms with Gasteiger partial charge in [0.2, 0.25) is 5.95 Å². The second kappa shape index (κ2) is 9.04. The predicted octanol–water partition coefficient (Wildman–Crippen LogP) is 1.53. The predicted molar refractivity (Wildman–Crippen MR) is 122 cm³/mol. The van der Waals surface area contributed by atoms with Crippen LogP contribution in [0, 0.1) is 0 Å². The van der Waals surface area contributed by atoms with E-state index in [1.807, 2.05) is 6.07 Å². The van der Waals surface area contributed by atoms with Gasteiger partial charge in [0.1, 0.15) is 0 Å². The summed E-state index contributed by atoms with van der Waals surface area (Å²) in [4.78, 5) is 32.3. The lowest BCUT2D eigenvalue weighted by atomic mass is 10.2. The van der Waals surface area contributed by atoms with Crippen LogP contribution in [0.1, 0.15) is 5.56 Å². The Hall–Kier alpha value is -2.33. The van der Waals surface area contributed by atoms with Gasteiger partial charge in [0.15, 0.2) is 11.2 Å². The monoisotopic (exact) mass is 466 g/mol. The van der Waals surface area contributed by atoms with E-state index in [4.69, 9.17) is 27.9 Å². The third-order valence-corrected chi connectivity index (χ3v) is 6.09. The van der Waals surface area contributed by atoms with Gasteiger partial charge in [-0.25, -0.2) is 4.79 Å². The molecule has 0 atom stereocenters. The van der Waals surface area contributed by atoms with Crippen LogP contribution in [0.25, 0.3) is 11.2 Å². The van der Waals surface area contributed by atoms with Crippen molar-refractivity contribution >= 4 is 40.3 Å². The highest BCUT2D eigenvalue weighted by atomic mass is 35.5. The van der Waals surface area contributed by atoms with Crippen molar-refractivity contribution in [2.45, 2.75) is 6.54 Å². The molecule has 1 fully saturated rings. The molecule has 4 rings (SSSR count). The minimum Gasteiger partial charge on any atom is -0.379 e. The first-order valence-corrected chi connectivity index (χ1v) is 10.8. The number of ether oxygens (including phenoxy) is 1. The summed E-state index contributed by atoms with van der Waals surface area (Å²) in [7, 11) is 3.07. The molecule has 166 valence electrons. The van der Waals surface area contributed by atoms with Gasteiger partial charge in [-0.2, -0.15) is 4.98 Å². The number of aromatic nitrogens is 4. The Morgan fingerprint density at radius 1 is 1.13 bits per heavy atom. The number of benzene rings is 1. The zero-order chi connectivity index (χ0) is 22.1. The molecule has 1 aliphatic heterocycles.